The highest BCUT2D eigenvalue weighted by atomic mass is 32.2. The van der Waals surface area contributed by atoms with Gasteiger partial charge in [0.15, 0.2) is 0 Å². The van der Waals surface area contributed by atoms with E-state index in [4.69, 9.17) is 0 Å². The second kappa shape index (κ2) is 4.55. The first-order chi connectivity index (χ1) is 6.94. The smallest absolute Gasteiger partial charge is 0.382 e. The Balaban J connectivity index is 2.82. The summed E-state index contributed by atoms with van der Waals surface area (Å²) in [6.07, 6.45) is 0. The highest BCUT2D eigenvalue weighted by Gasteiger charge is 2.08. The van der Waals surface area contributed by atoms with Gasteiger partial charge in [0, 0.05) is 19.2 Å². The minimum Gasteiger partial charge on any atom is -0.628 e. The van der Waals surface area contributed by atoms with Gasteiger partial charge in [0.25, 0.3) is 0 Å². The SMILES string of the molecule is CNS(=O)(=O)Oc1ccc([NH+]([O-])[O-])cc1. The summed E-state index contributed by atoms with van der Waals surface area (Å²) in [4.78, 5) is 0. The van der Waals surface area contributed by atoms with E-state index in [0.717, 1.165) is 0 Å². The molecule has 8 heteroatoms. The maximum atomic E-state index is 10.9. The highest BCUT2D eigenvalue weighted by Crippen LogP contribution is 2.14. The van der Waals surface area contributed by atoms with Crippen LogP contribution in [-0.4, -0.2) is 15.5 Å². The molecule has 0 aliphatic heterocycles. The third-order valence-corrected chi connectivity index (χ3v) is 2.46. The first-order valence-corrected chi connectivity index (χ1v) is 5.30. The second-order valence-corrected chi connectivity index (χ2v) is 4.04. The lowest BCUT2D eigenvalue weighted by molar-refractivity contribution is -0.715. The minimum absolute atomic E-state index is 0.0225. The monoisotopic (exact) mass is 233 g/mol. The van der Waals surface area contributed by atoms with Crippen LogP contribution in [0.4, 0.5) is 5.69 Å². The summed E-state index contributed by atoms with van der Waals surface area (Å²) in [7, 11) is -2.62. The van der Waals surface area contributed by atoms with Crippen LogP contribution in [0.5, 0.6) is 5.75 Å². The third kappa shape index (κ3) is 3.46. The van der Waals surface area contributed by atoms with E-state index in [2.05, 4.69) is 4.18 Å². The van der Waals surface area contributed by atoms with Gasteiger partial charge in [-0.3, -0.25) is 0 Å². The molecule has 1 rings (SSSR count). The van der Waals surface area contributed by atoms with E-state index < -0.39 is 15.5 Å². The number of nitrogens with one attached hydrogen (secondary N) is 2. The lowest BCUT2D eigenvalue weighted by Crippen LogP contribution is -2.96. The summed E-state index contributed by atoms with van der Waals surface area (Å²) in [5, 5.41) is 19.4. The Morgan fingerprint density at radius 2 is 1.80 bits per heavy atom. The molecule has 0 fully saturated rings. The van der Waals surface area contributed by atoms with Gasteiger partial charge in [0.05, 0.1) is 0 Å². The van der Waals surface area contributed by atoms with Crippen LogP contribution in [0.1, 0.15) is 0 Å². The zero-order chi connectivity index (χ0) is 11.5. The highest BCUT2D eigenvalue weighted by molar-refractivity contribution is 7.85. The fourth-order valence-electron chi connectivity index (χ4n) is 0.815. The van der Waals surface area contributed by atoms with Crippen LogP contribution >= 0.6 is 0 Å². The van der Waals surface area contributed by atoms with Crippen molar-refractivity contribution in [2.45, 2.75) is 0 Å². The van der Waals surface area contributed by atoms with Gasteiger partial charge >= 0.3 is 10.3 Å². The second-order valence-electron chi connectivity index (χ2n) is 2.55. The van der Waals surface area contributed by atoms with Gasteiger partial charge in [0.1, 0.15) is 11.4 Å². The molecule has 0 aromatic heterocycles. The number of benzene rings is 1. The molecule has 0 aliphatic rings. The Morgan fingerprint density at radius 3 is 2.20 bits per heavy atom. The fourth-order valence-corrected chi connectivity index (χ4v) is 1.26. The average molecular weight is 233 g/mol. The van der Waals surface area contributed by atoms with Crippen LogP contribution < -0.4 is 14.1 Å². The summed E-state index contributed by atoms with van der Waals surface area (Å²) >= 11 is 0. The van der Waals surface area contributed by atoms with Gasteiger partial charge in [-0.25, -0.2) is 0 Å². The third-order valence-electron chi connectivity index (χ3n) is 1.55. The number of quaternary nitrogens is 1. The maximum Gasteiger partial charge on any atom is 0.382 e. The van der Waals surface area contributed by atoms with Gasteiger partial charge in [-0.05, 0) is 12.1 Å². The summed E-state index contributed by atoms with van der Waals surface area (Å²) in [5.41, 5.74) is -0.0517. The number of rotatable bonds is 4. The molecule has 0 saturated carbocycles. The van der Waals surface area contributed by atoms with Crippen molar-refractivity contribution in [2.24, 2.45) is 0 Å². The molecule has 0 heterocycles. The van der Waals surface area contributed by atoms with Crippen molar-refractivity contribution in [1.29, 1.82) is 0 Å². The normalized spacial score (nSPS) is 11.7. The van der Waals surface area contributed by atoms with Crippen molar-refractivity contribution < 1.29 is 17.8 Å². The molecule has 0 unspecified atom stereocenters. The molecule has 1 aromatic rings. The Kier molecular flexibility index (Phi) is 3.61. The van der Waals surface area contributed by atoms with Crippen molar-refractivity contribution in [1.82, 2.24) is 4.72 Å². The van der Waals surface area contributed by atoms with Crippen LogP contribution in [0.3, 0.4) is 0 Å². The van der Waals surface area contributed by atoms with E-state index in [0.29, 0.717) is 0 Å². The molecular formula is C7H9N2O5S-. The van der Waals surface area contributed by atoms with Gasteiger partial charge in [-0.2, -0.15) is 13.1 Å². The first-order valence-electron chi connectivity index (χ1n) is 3.89. The van der Waals surface area contributed by atoms with E-state index in [-0.39, 0.29) is 11.4 Å². The molecule has 1 aromatic carbocycles. The van der Waals surface area contributed by atoms with Crippen molar-refractivity contribution in [3.05, 3.63) is 34.7 Å². The van der Waals surface area contributed by atoms with E-state index in [1.54, 1.807) is 0 Å². The summed E-state index contributed by atoms with van der Waals surface area (Å²) in [6.45, 7) is 0. The van der Waals surface area contributed by atoms with Crippen LogP contribution in [0.15, 0.2) is 24.3 Å². The van der Waals surface area contributed by atoms with Crippen molar-refractivity contribution >= 4 is 16.0 Å². The molecule has 0 spiro atoms. The van der Waals surface area contributed by atoms with Crippen LogP contribution in [-0.2, 0) is 10.3 Å². The predicted octanol–water partition coefficient (Wildman–Crippen LogP) is -0.958. The van der Waals surface area contributed by atoms with Gasteiger partial charge in [-0.15, -0.1) is 0 Å². The first kappa shape index (κ1) is 11.9. The van der Waals surface area contributed by atoms with Crippen LogP contribution in [0.25, 0.3) is 0 Å². The minimum atomic E-state index is -3.82. The Morgan fingerprint density at radius 1 is 1.27 bits per heavy atom. The lowest BCUT2D eigenvalue weighted by atomic mass is 10.3. The van der Waals surface area contributed by atoms with Gasteiger partial charge in [0.2, 0.25) is 0 Å². The maximum absolute atomic E-state index is 10.9. The average Bonchev–Trinajstić information content (AvgIpc) is 2.18. The van der Waals surface area contributed by atoms with Crippen LogP contribution in [0.2, 0.25) is 0 Å². The van der Waals surface area contributed by atoms with Crippen molar-refractivity contribution in [2.75, 3.05) is 7.05 Å². The largest absolute Gasteiger partial charge is 0.628 e. The van der Waals surface area contributed by atoms with E-state index in [1.165, 1.54) is 31.3 Å². The summed E-state index contributed by atoms with van der Waals surface area (Å²) < 4.78 is 28.3. The zero-order valence-corrected chi connectivity index (χ0v) is 8.58. The molecule has 15 heavy (non-hydrogen) atoms. The van der Waals surface area contributed by atoms with Crippen molar-refractivity contribution in [3.63, 3.8) is 0 Å². The Labute approximate surface area is 86.7 Å². The van der Waals surface area contributed by atoms with E-state index in [1.807, 2.05) is 4.72 Å². The van der Waals surface area contributed by atoms with Crippen LogP contribution in [0, 0.1) is 10.4 Å². The molecule has 0 amide bonds. The molecule has 0 aliphatic carbocycles. The fraction of sp³-hybridized carbons (Fsp3) is 0.143. The zero-order valence-electron chi connectivity index (χ0n) is 7.76. The molecule has 84 valence electrons. The quantitative estimate of drug-likeness (QED) is 0.651. The number of hydrogen-bond acceptors (Lipinski definition) is 5. The molecule has 2 N–H and O–H groups in total. The molecular weight excluding hydrogens is 224 g/mol. The topological polar surface area (TPSA) is 106 Å². The summed E-state index contributed by atoms with van der Waals surface area (Å²) in [5.74, 6) is 0.0225. The number of hydrogen-bond donors (Lipinski definition) is 2. The standard InChI is InChI=1S/C7H9N2O5S/c1-8-15(12,13)14-7-4-2-6(3-5-7)9(10)11/h2-5,8-9H,1H3/q-1. The molecule has 0 atom stereocenters. The van der Waals surface area contributed by atoms with Crippen molar-refractivity contribution in [3.8, 4) is 5.75 Å². The van der Waals surface area contributed by atoms with E-state index in [9.17, 15) is 18.8 Å². The lowest BCUT2D eigenvalue weighted by Gasteiger charge is -2.24. The molecule has 0 bridgehead atoms. The molecule has 7 nitrogen and oxygen atoms in total. The summed E-state index contributed by atoms with van der Waals surface area (Å²) in [6, 6.07) is 4.83. The van der Waals surface area contributed by atoms with Gasteiger partial charge < -0.3 is 19.8 Å². The molecule has 0 saturated heterocycles. The predicted molar refractivity (Wildman–Crippen MR) is 52.4 cm³/mol. The van der Waals surface area contributed by atoms with Gasteiger partial charge in [-0.1, -0.05) is 0 Å². The van der Waals surface area contributed by atoms with E-state index >= 15 is 0 Å². The molecule has 0 radical (unpaired) electrons. The Bertz CT molecular complexity index is 414. The Hall–Kier alpha value is -1.19.